The van der Waals surface area contributed by atoms with E-state index in [9.17, 15) is 4.79 Å². The average Bonchev–Trinajstić information content (AvgIpc) is 2.95. The van der Waals surface area contributed by atoms with E-state index < -0.39 is 0 Å². The third-order valence-electron chi connectivity index (χ3n) is 4.35. The molecule has 0 spiro atoms. The molecular weight excluding hydrogens is 262 g/mol. The van der Waals surface area contributed by atoms with Crippen LogP contribution in [0, 0.1) is 20.8 Å². The van der Waals surface area contributed by atoms with Gasteiger partial charge in [-0.3, -0.25) is 4.79 Å². The molecule has 0 radical (unpaired) electrons. The second kappa shape index (κ2) is 7.60. The number of carbonyl (C=O) groups is 1. The minimum atomic E-state index is 0.0245. The standard InChI is InChI=1S/C18H27NO2/c1-13-11-15(3)17(12-14(13)2)18(20)19-9-6-10-21-16-7-4-5-8-16/h11-12,16H,4-10H2,1-3H3,(H,19,20). The highest BCUT2D eigenvalue weighted by molar-refractivity contribution is 5.95. The van der Waals surface area contributed by atoms with E-state index >= 15 is 0 Å². The fraction of sp³-hybridized carbons (Fsp3) is 0.611. The molecule has 1 aromatic carbocycles. The average molecular weight is 289 g/mol. The van der Waals surface area contributed by atoms with Crippen LogP contribution in [0.25, 0.3) is 0 Å². The molecule has 2 rings (SSSR count). The Kier molecular flexibility index (Phi) is 5.80. The van der Waals surface area contributed by atoms with Crippen molar-refractivity contribution < 1.29 is 9.53 Å². The van der Waals surface area contributed by atoms with Gasteiger partial charge in [-0.1, -0.05) is 18.9 Å². The molecule has 116 valence electrons. The summed E-state index contributed by atoms with van der Waals surface area (Å²) in [5, 5.41) is 2.99. The number of ether oxygens (including phenoxy) is 1. The van der Waals surface area contributed by atoms with Crippen molar-refractivity contribution >= 4 is 5.91 Å². The zero-order valence-corrected chi connectivity index (χ0v) is 13.5. The van der Waals surface area contributed by atoms with Gasteiger partial charge in [0.2, 0.25) is 0 Å². The number of amides is 1. The van der Waals surface area contributed by atoms with Crippen LogP contribution in [0.15, 0.2) is 12.1 Å². The molecule has 0 unspecified atom stereocenters. The summed E-state index contributed by atoms with van der Waals surface area (Å²) in [6, 6.07) is 4.06. The minimum absolute atomic E-state index is 0.0245. The van der Waals surface area contributed by atoms with Crippen molar-refractivity contribution in [2.75, 3.05) is 13.2 Å². The fourth-order valence-corrected chi connectivity index (χ4v) is 2.88. The molecule has 1 aliphatic carbocycles. The number of nitrogens with one attached hydrogen (secondary N) is 1. The molecular formula is C18H27NO2. The van der Waals surface area contributed by atoms with Crippen molar-refractivity contribution in [2.24, 2.45) is 0 Å². The summed E-state index contributed by atoms with van der Waals surface area (Å²) in [6.45, 7) is 7.53. The maximum atomic E-state index is 12.2. The van der Waals surface area contributed by atoms with E-state index in [4.69, 9.17) is 4.74 Å². The molecule has 1 aromatic rings. The van der Waals surface area contributed by atoms with Gasteiger partial charge in [0.1, 0.15) is 0 Å². The Morgan fingerprint density at radius 1 is 1.14 bits per heavy atom. The van der Waals surface area contributed by atoms with Crippen LogP contribution in [0.1, 0.15) is 59.2 Å². The van der Waals surface area contributed by atoms with Crippen LogP contribution in [0.4, 0.5) is 0 Å². The molecule has 0 aromatic heterocycles. The van der Waals surface area contributed by atoms with Crippen molar-refractivity contribution in [3.8, 4) is 0 Å². The van der Waals surface area contributed by atoms with Crippen molar-refractivity contribution in [1.82, 2.24) is 5.32 Å². The Labute approximate surface area is 128 Å². The molecule has 21 heavy (non-hydrogen) atoms. The van der Waals surface area contributed by atoms with Gasteiger partial charge in [-0.05, 0) is 62.8 Å². The van der Waals surface area contributed by atoms with E-state index in [-0.39, 0.29) is 5.91 Å². The number of rotatable bonds is 6. The molecule has 1 amide bonds. The molecule has 1 saturated carbocycles. The Balaban J connectivity index is 1.73. The van der Waals surface area contributed by atoms with Gasteiger partial charge >= 0.3 is 0 Å². The maximum absolute atomic E-state index is 12.2. The number of carbonyl (C=O) groups excluding carboxylic acids is 1. The second-order valence-electron chi connectivity index (χ2n) is 6.14. The highest BCUT2D eigenvalue weighted by Crippen LogP contribution is 2.20. The first kappa shape index (κ1) is 16.0. The zero-order chi connectivity index (χ0) is 15.2. The lowest BCUT2D eigenvalue weighted by Gasteiger charge is -2.12. The summed E-state index contributed by atoms with van der Waals surface area (Å²) in [6.07, 6.45) is 6.35. The van der Waals surface area contributed by atoms with Crippen LogP contribution in [0.3, 0.4) is 0 Å². The SMILES string of the molecule is Cc1cc(C)c(C(=O)NCCCOC2CCCC2)cc1C. The first-order valence-corrected chi connectivity index (χ1v) is 8.05. The molecule has 0 aliphatic heterocycles. The van der Waals surface area contributed by atoms with Gasteiger partial charge in [0.15, 0.2) is 0 Å². The number of hydrogen-bond acceptors (Lipinski definition) is 2. The van der Waals surface area contributed by atoms with Gasteiger partial charge < -0.3 is 10.1 Å². The van der Waals surface area contributed by atoms with Gasteiger partial charge in [0, 0.05) is 18.7 Å². The summed E-state index contributed by atoms with van der Waals surface area (Å²) in [4.78, 5) is 12.2. The van der Waals surface area contributed by atoms with Crippen molar-refractivity contribution in [3.05, 3.63) is 34.4 Å². The first-order chi connectivity index (χ1) is 10.1. The van der Waals surface area contributed by atoms with Gasteiger partial charge in [0.05, 0.1) is 6.10 Å². The molecule has 3 nitrogen and oxygen atoms in total. The smallest absolute Gasteiger partial charge is 0.251 e. The van der Waals surface area contributed by atoms with E-state index in [0.29, 0.717) is 12.6 Å². The van der Waals surface area contributed by atoms with E-state index in [1.165, 1.54) is 31.2 Å². The van der Waals surface area contributed by atoms with Gasteiger partial charge in [0.25, 0.3) is 5.91 Å². The lowest BCUT2D eigenvalue weighted by Crippen LogP contribution is -2.26. The molecule has 0 atom stereocenters. The van der Waals surface area contributed by atoms with Crippen LogP contribution in [0.5, 0.6) is 0 Å². The number of aryl methyl sites for hydroxylation is 3. The lowest BCUT2D eigenvalue weighted by molar-refractivity contribution is 0.0565. The predicted octanol–water partition coefficient (Wildman–Crippen LogP) is 3.69. The summed E-state index contributed by atoms with van der Waals surface area (Å²) < 4.78 is 5.80. The van der Waals surface area contributed by atoms with Crippen LogP contribution in [-0.4, -0.2) is 25.2 Å². The van der Waals surface area contributed by atoms with E-state index in [1.54, 1.807) is 0 Å². The molecule has 1 fully saturated rings. The van der Waals surface area contributed by atoms with Crippen LogP contribution < -0.4 is 5.32 Å². The number of hydrogen-bond donors (Lipinski definition) is 1. The highest BCUT2D eigenvalue weighted by Gasteiger charge is 2.15. The Bertz CT molecular complexity index is 490. The lowest BCUT2D eigenvalue weighted by atomic mass is 10.0. The summed E-state index contributed by atoms with van der Waals surface area (Å²) in [7, 11) is 0. The maximum Gasteiger partial charge on any atom is 0.251 e. The van der Waals surface area contributed by atoms with Crippen LogP contribution in [0.2, 0.25) is 0 Å². The third kappa shape index (κ3) is 4.57. The van der Waals surface area contributed by atoms with Gasteiger partial charge in [-0.2, -0.15) is 0 Å². The Morgan fingerprint density at radius 2 is 1.81 bits per heavy atom. The van der Waals surface area contributed by atoms with Crippen molar-refractivity contribution in [3.63, 3.8) is 0 Å². The number of benzene rings is 1. The second-order valence-corrected chi connectivity index (χ2v) is 6.14. The quantitative estimate of drug-likeness (QED) is 0.811. The largest absolute Gasteiger partial charge is 0.378 e. The molecule has 0 bridgehead atoms. The zero-order valence-electron chi connectivity index (χ0n) is 13.5. The third-order valence-corrected chi connectivity index (χ3v) is 4.35. The summed E-state index contributed by atoms with van der Waals surface area (Å²) >= 11 is 0. The van der Waals surface area contributed by atoms with Crippen LogP contribution in [-0.2, 0) is 4.74 Å². The van der Waals surface area contributed by atoms with Crippen molar-refractivity contribution in [2.45, 2.75) is 59.0 Å². The first-order valence-electron chi connectivity index (χ1n) is 8.05. The topological polar surface area (TPSA) is 38.3 Å². The van der Waals surface area contributed by atoms with Crippen molar-refractivity contribution in [1.29, 1.82) is 0 Å². The normalized spacial score (nSPS) is 15.4. The molecule has 0 heterocycles. The molecule has 0 saturated heterocycles. The Hall–Kier alpha value is -1.35. The van der Waals surface area contributed by atoms with Gasteiger partial charge in [-0.15, -0.1) is 0 Å². The van der Waals surface area contributed by atoms with E-state index in [1.807, 2.05) is 19.9 Å². The summed E-state index contributed by atoms with van der Waals surface area (Å²) in [5.74, 6) is 0.0245. The van der Waals surface area contributed by atoms with Gasteiger partial charge in [-0.25, -0.2) is 0 Å². The monoisotopic (exact) mass is 289 g/mol. The van der Waals surface area contributed by atoms with E-state index in [2.05, 4.69) is 18.3 Å². The molecule has 1 N–H and O–H groups in total. The molecule has 3 heteroatoms. The minimum Gasteiger partial charge on any atom is -0.378 e. The fourth-order valence-electron chi connectivity index (χ4n) is 2.88. The highest BCUT2D eigenvalue weighted by atomic mass is 16.5. The van der Waals surface area contributed by atoms with E-state index in [0.717, 1.165) is 29.7 Å². The summed E-state index contributed by atoms with van der Waals surface area (Å²) in [5.41, 5.74) is 4.22. The van der Waals surface area contributed by atoms with Crippen LogP contribution >= 0.6 is 0 Å². The predicted molar refractivity (Wildman–Crippen MR) is 85.8 cm³/mol. The molecule has 1 aliphatic rings. The Morgan fingerprint density at radius 3 is 2.52 bits per heavy atom.